The summed E-state index contributed by atoms with van der Waals surface area (Å²) in [6.07, 6.45) is 0. The molecule has 1 aromatic rings. The first-order chi connectivity index (χ1) is 10.7. The first-order valence-corrected chi connectivity index (χ1v) is 7.22. The van der Waals surface area contributed by atoms with E-state index in [4.69, 9.17) is 14.3 Å². The molecule has 1 saturated heterocycles. The summed E-state index contributed by atoms with van der Waals surface area (Å²) in [6, 6.07) is 6.31. The Kier molecular flexibility index (Phi) is 3.50. The van der Waals surface area contributed by atoms with Gasteiger partial charge in [-0.25, -0.2) is 4.79 Å². The molecule has 2 aliphatic heterocycles. The normalized spacial score (nSPS) is 22.0. The first-order valence-electron chi connectivity index (χ1n) is 7.22. The summed E-state index contributed by atoms with van der Waals surface area (Å²) in [4.78, 5) is 41.9. The monoisotopic (exact) mass is 319 g/mol. The van der Waals surface area contributed by atoms with Crippen LogP contribution in [0.1, 0.15) is 41.5 Å². The Bertz CT molecular complexity index is 651. The number of rotatable bonds is 2. The molecule has 3 rings (SSSR count). The van der Waals surface area contributed by atoms with Crippen LogP contribution in [0.25, 0.3) is 0 Å². The molecule has 0 N–H and O–H groups in total. The van der Waals surface area contributed by atoms with Gasteiger partial charge in [0, 0.05) is 0 Å². The Hall–Kier alpha value is -2.25. The van der Waals surface area contributed by atoms with Gasteiger partial charge >= 0.3 is 5.97 Å². The van der Waals surface area contributed by atoms with Crippen molar-refractivity contribution >= 4 is 17.8 Å². The van der Waals surface area contributed by atoms with Crippen molar-refractivity contribution in [1.29, 1.82) is 0 Å². The number of nitrogens with zero attached hydrogens (tertiary/aromatic N) is 1. The fourth-order valence-electron chi connectivity index (χ4n) is 2.31. The summed E-state index contributed by atoms with van der Waals surface area (Å²) in [7, 11) is 0. The molecule has 0 aliphatic carbocycles. The standard InChI is InChI=1S/C16H17NO6/c1-15(2)21-8-16(3,9-22-15)14(20)23-17-12(18)10-6-4-5-7-11(10)13(17)19/h4-7H,8-9H2,1-3H3. The fraction of sp³-hybridized carbons (Fsp3) is 0.438. The zero-order valence-electron chi connectivity index (χ0n) is 13.1. The van der Waals surface area contributed by atoms with Gasteiger partial charge in [-0.05, 0) is 32.9 Å². The van der Waals surface area contributed by atoms with Gasteiger partial charge in [0.1, 0.15) is 5.41 Å². The maximum absolute atomic E-state index is 12.4. The fourth-order valence-corrected chi connectivity index (χ4v) is 2.31. The number of hydrogen-bond donors (Lipinski definition) is 0. The molecular weight excluding hydrogens is 302 g/mol. The van der Waals surface area contributed by atoms with Gasteiger partial charge in [0.25, 0.3) is 11.8 Å². The van der Waals surface area contributed by atoms with Crippen LogP contribution >= 0.6 is 0 Å². The molecule has 2 aliphatic rings. The third-order valence-corrected chi connectivity index (χ3v) is 3.90. The van der Waals surface area contributed by atoms with Gasteiger partial charge in [-0.1, -0.05) is 17.2 Å². The second-order valence-corrected chi connectivity index (χ2v) is 6.37. The van der Waals surface area contributed by atoms with Crippen molar-refractivity contribution in [3.8, 4) is 0 Å². The average Bonchev–Trinajstić information content (AvgIpc) is 2.76. The van der Waals surface area contributed by atoms with Crippen molar-refractivity contribution in [2.75, 3.05) is 13.2 Å². The van der Waals surface area contributed by atoms with Gasteiger partial charge in [0.15, 0.2) is 5.79 Å². The molecule has 1 aromatic carbocycles. The molecule has 0 bridgehead atoms. The second kappa shape index (κ2) is 5.14. The van der Waals surface area contributed by atoms with Gasteiger partial charge in [0.2, 0.25) is 0 Å². The van der Waals surface area contributed by atoms with E-state index in [1.807, 2.05) is 0 Å². The van der Waals surface area contributed by atoms with Crippen LogP contribution in [0.5, 0.6) is 0 Å². The van der Waals surface area contributed by atoms with E-state index in [-0.39, 0.29) is 24.3 Å². The van der Waals surface area contributed by atoms with Crippen molar-refractivity contribution in [2.24, 2.45) is 5.41 Å². The maximum atomic E-state index is 12.4. The lowest BCUT2D eigenvalue weighted by Gasteiger charge is -2.39. The van der Waals surface area contributed by atoms with Crippen LogP contribution in [0.4, 0.5) is 0 Å². The molecule has 2 heterocycles. The van der Waals surface area contributed by atoms with Gasteiger partial charge < -0.3 is 14.3 Å². The topological polar surface area (TPSA) is 82.1 Å². The largest absolute Gasteiger partial charge is 0.349 e. The Labute approximate surface area is 133 Å². The van der Waals surface area contributed by atoms with Crippen molar-refractivity contribution < 1.29 is 28.7 Å². The van der Waals surface area contributed by atoms with Crippen molar-refractivity contribution in [1.82, 2.24) is 5.06 Å². The van der Waals surface area contributed by atoms with Crippen molar-refractivity contribution in [3.63, 3.8) is 0 Å². The van der Waals surface area contributed by atoms with Crippen LogP contribution in [0, 0.1) is 5.41 Å². The maximum Gasteiger partial charge on any atom is 0.343 e. The van der Waals surface area contributed by atoms with Gasteiger partial charge in [-0.2, -0.15) is 0 Å². The number of carbonyl (C=O) groups excluding carboxylic acids is 3. The van der Waals surface area contributed by atoms with Crippen LogP contribution < -0.4 is 0 Å². The molecule has 0 saturated carbocycles. The minimum Gasteiger partial charge on any atom is -0.349 e. The zero-order chi connectivity index (χ0) is 16.8. The van der Waals surface area contributed by atoms with E-state index in [9.17, 15) is 14.4 Å². The molecular formula is C16H17NO6. The van der Waals surface area contributed by atoms with E-state index in [2.05, 4.69) is 0 Å². The zero-order valence-corrected chi connectivity index (χ0v) is 13.1. The smallest absolute Gasteiger partial charge is 0.343 e. The summed E-state index contributed by atoms with van der Waals surface area (Å²) in [5.41, 5.74) is -0.661. The summed E-state index contributed by atoms with van der Waals surface area (Å²) in [5.74, 6) is -2.83. The summed E-state index contributed by atoms with van der Waals surface area (Å²) in [6.45, 7) is 5.22. The third kappa shape index (κ3) is 2.62. The summed E-state index contributed by atoms with van der Waals surface area (Å²) in [5, 5.41) is 0.498. The van der Waals surface area contributed by atoms with Gasteiger partial charge in [0.05, 0.1) is 24.3 Å². The number of amides is 2. The van der Waals surface area contributed by atoms with Crippen molar-refractivity contribution in [3.05, 3.63) is 35.4 Å². The van der Waals surface area contributed by atoms with Crippen LogP contribution in [0.2, 0.25) is 0 Å². The van der Waals surface area contributed by atoms with E-state index in [1.54, 1.807) is 32.9 Å². The molecule has 0 atom stereocenters. The minimum absolute atomic E-state index is 0.0714. The van der Waals surface area contributed by atoms with E-state index in [0.717, 1.165) is 0 Å². The van der Waals surface area contributed by atoms with E-state index in [1.165, 1.54) is 12.1 Å². The number of hydroxylamine groups is 2. The Morgan fingerprint density at radius 3 is 2.00 bits per heavy atom. The molecule has 0 aromatic heterocycles. The Balaban J connectivity index is 1.75. The highest BCUT2D eigenvalue weighted by Gasteiger charge is 2.47. The number of carbonyl (C=O) groups is 3. The molecule has 23 heavy (non-hydrogen) atoms. The first kappa shape index (κ1) is 15.6. The second-order valence-electron chi connectivity index (χ2n) is 6.37. The number of benzene rings is 1. The molecule has 0 radical (unpaired) electrons. The molecule has 122 valence electrons. The quantitative estimate of drug-likeness (QED) is 0.769. The van der Waals surface area contributed by atoms with Crippen LogP contribution in [0.15, 0.2) is 24.3 Å². The number of imide groups is 1. The molecule has 0 unspecified atom stereocenters. The number of ether oxygens (including phenoxy) is 2. The molecule has 0 spiro atoms. The lowest BCUT2D eigenvalue weighted by molar-refractivity contribution is -0.285. The Morgan fingerprint density at radius 2 is 1.52 bits per heavy atom. The molecule has 1 fully saturated rings. The predicted octanol–water partition coefficient (Wildman–Crippen LogP) is 1.53. The number of hydrogen-bond acceptors (Lipinski definition) is 6. The predicted molar refractivity (Wildman–Crippen MR) is 77.1 cm³/mol. The van der Waals surface area contributed by atoms with Gasteiger partial charge in [-0.3, -0.25) is 9.59 Å². The van der Waals surface area contributed by atoms with E-state index >= 15 is 0 Å². The highest BCUT2D eigenvalue weighted by molar-refractivity contribution is 6.20. The lowest BCUT2D eigenvalue weighted by Crippen LogP contribution is -2.51. The van der Waals surface area contributed by atoms with Crippen LogP contribution in [0.3, 0.4) is 0 Å². The average molecular weight is 319 g/mol. The van der Waals surface area contributed by atoms with Crippen LogP contribution in [-0.4, -0.2) is 41.8 Å². The summed E-state index contributed by atoms with van der Waals surface area (Å²) >= 11 is 0. The van der Waals surface area contributed by atoms with Crippen LogP contribution in [-0.2, 0) is 19.1 Å². The lowest BCUT2D eigenvalue weighted by atomic mass is 9.92. The summed E-state index contributed by atoms with van der Waals surface area (Å²) < 4.78 is 10.9. The highest BCUT2D eigenvalue weighted by Crippen LogP contribution is 2.32. The third-order valence-electron chi connectivity index (χ3n) is 3.90. The molecule has 7 heteroatoms. The van der Waals surface area contributed by atoms with Gasteiger partial charge in [-0.15, -0.1) is 0 Å². The molecule has 2 amide bonds. The molecule has 7 nitrogen and oxygen atoms in total. The minimum atomic E-state index is -1.09. The van der Waals surface area contributed by atoms with E-state index < -0.39 is 29.0 Å². The number of fused-ring (bicyclic) bond motifs is 1. The van der Waals surface area contributed by atoms with E-state index in [0.29, 0.717) is 5.06 Å². The Morgan fingerprint density at radius 1 is 1.04 bits per heavy atom. The SMILES string of the molecule is CC1(C)OCC(C)(C(=O)ON2C(=O)c3ccccc3C2=O)CO1. The highest BCUT2D eigenvalue weighted by atomic mass is 16.7. The van der Waals surface area contributed by atoms with Crippen molar-refractivity contribution in [2.45, 2.75) is 26.6 Å².